The topological polar surface area (TPSA) is 59.3 Å². The summed E-state index contributed by atoms with van der Waals surface area (Å²) >= 11 is 0. The van der Waals surface area contributed by atoms with Gasteiger partial charge in [-0.15, -0.1) is 0 Å². The lowest BCUT2D eigenvalue weighted by Crippen LogP contribution is -2.02. The number of aromatic nitrogens is 2. The summed E-state index contributed by atoms with van der Waals surface area (Å²) in [5.41, 5.74) is 2.12. The number of hydrogen-bond donors (Lipinski definition) is 2. The van der Waals surface area contributed by atoms with Crippen molar-refractivity contribution in [1.82, 2.24) is 9.78 Å². The van der Waals surface area contributed by atoms with Crippen LogP contribution >= 0.6 is 0 Å². The highest BCUT2D eigenvalue weighted by molar-refractivity contribution is 5.39. The van der Waals surface area contributed by atoms with Crippen LogP contribution in [0.15, 0.2) is 36.7 Å². The van der Waals surface area contributed by atoms with E-state index in [4.69, 9.17) is 9.84 Å². The van der Waals surface area contributed by atoms with Gasteiger partial charge >= 0.3 is 0 Å². The maximum Gasteiger partial charge on any atom is 0.118 e. The lowest BCUT2D eigenvalue weighted by Gasteiger charge is -2.05. The fourth-order valence-electron chi connectivity index (χ4n) is 1.63. The third-order valence-electron chi connectivity index (χ3n) is 2.62. The molecule has 0 aliphatic heterocycles. The molecule has 0 aliphatic rings. The average molecular weight is 247 g/mol. The second-order valence-electron chi connectivity index (χ2n) is 3.92. The minimum atomic E-state index is 0.0968. The summed E-state index contributed by atoms with van der Waals surface area (Å²) in [7, 11) is 1.66. The van der Waals surface area contributed by atoms with E-state index >= 15 is 0 Å². The van der Waals surface area contributed by atoms with Crippen LogP contribution in [0.5, 0.6) is 5.75 Å². The maximum absolute atomic E-state index is 8.79. The summed E-state index contributed by atoms with van der Waals surface area (Å²) in [5.74, 6) is 0.856. The molecule has 2 N–H and O–H groups in total. The molecule has 0 radical (unpaired) electrons. The van der Waals surface area contributed by atoms with Gasteiger partial charge < -0.3 is 15.2 Å². The Morgan fingerprint density at radius 3 is 2.78 bits per heavy atom. The van der Waals surface area contributed by atoms with Crippen LogP contribution in [0, 0.1) is 0 Å². The van der Waals surface area contributed by atoms with Gasteiger partial charge in [-0.1, -0.05) is 12.1 Å². The van der Waals surface area contributed by atoms with Crippen molar-refractivity contribution in [2.45, 2.75) is 13.1 Å². The van der Waals surface area contributed by atoms with E-state index in [1.807, 2.05) is 30.5 Å². The number of hydrogen-bond acceptors (Lipinski definition) is 4. The SMILES string of the molecule is COc1ccc(CNc2cnn(CCO)c2)cc1. The standard InChI is InChI=1S/C13H17N3O2/c1-18-13-4-2-11(3-5-13)8-14-12-9-15-16(10-12)6-7-17/h2-5,9-10,14,17H,6-8H2,1H3. The molecular weight excluding hydrogens is 230 g/mol. The largest absolute Gasteiger partial charge is 0.497 e. The molecule has 1 aromatic heterocycles. The van der Waals surface area contributed by atoms with Crippen LogP contribution < -0.4 is 10.1 Å². The molecule has 96 valence electrons. The van der Waals surface area contributed by atoms with Gasteiger partial charge in [-0.05, 0) is 17.7 Å². The predicted octanol–water partition coefficient (Wildman–Crippen LogP) is 1.50. The van der Waals surface area contributed by atoms with E-state index < -0.39 is 0 Å². The smallest absolute Gasteiger partial charge is 0.118 e. The van der Waals surface area contributed by atoms with Crippen molar-refractivity contribution in [3.8, 4) is 5.75 Å². The van der Waals surface area contributed by atoms with Crippen LogP contribution in [0.4, 0.5) is 5.69 Å². The lowest BCUT2D eigenvalue weighted by molar-refractivity contribution is 0.269. The van der Waals surface area contributed by atoms with Gasteiger partial charge in [-0.2, -0.15) is 5.10 Å². The molecule has 0 amide bonds. The van der Waals surface area contributed by atoms with Crippen LogP contribution in [-0.4, -0.2) is 28.6 Å². The Morgan fingerprint density at radius 1 is 1.33 bits per heavy atom. The molecule has 0 saturated heterocycles. The van der Waals surface area contributed by atoms with Crippen molar-refractivity contribution in [3.05, 3.63) is 42.2 Å². The number of rotatable bonds is 6. The van der Waals surface area contributed by atoms with Crippen molar-refractivity contribution in [2.24, 2.45) is 0 Å². The summed E-state index contributed by atoms with van der Waals surface area (Å²) in [6.45, 7) is 1.35. The van der Waals surface area contributed by atoms with Gasteiger partial charge in [-0.25, -0.2) is 0 Å². The van der Waals surface area contributed by atoms with E-state index in [0.717, 1.165) is 18.0 Å². The molecule has 0 aliphatic carbocycles. The van der Waals surface area contributed by atoms with E-state index in [9.17, 15) is 0 Å². The van der Waals surface area contributed by atoms with Gasteiger partial charge in [-0.3, -0.25) is 4.68 Å². The number of anilines is 1. The van der Waals surface area contributed by atoms with Crippen molar-refractivity contribution in [3.63, 3.8) is 0 Å². The van der Waals surface area contributed by atoms with E-state index in [-0.39, 0.29) is 6.61 Å². The van der Waals surface area contributed by atoms with E-state index in [1.165, 1.54) is 5.56 Å². The van der Waals surface area contributed by atoms with Crippen molar-refractivity contribution >= 4 is 5.69 Å². The highest BCUT2D eigenvalue weighted by Gasteiger charge is 1.98. The Kier molecular flexibility index (Phi) is 4.20. The van der Waals surface area contributed by atoms with Crippen LogP contribution in [0.2, 0.25) is 0 Å². The molecule has 0 fully saturated rings. The lowest BCUT2D eigenvalue weighted by atomic mass is 10.2. The molecule has 0 spiro atoms. The average Bonchev–Trinajstić information content (AvgIpc) is 2.85. The number of nitrogens with zero attached hydrogens (tertiary/aromatic N) is 2. The monoisotopic (exact) mass is 247 g/mol. The third kappa shape index (κ3) is 3.24. The van der Waals surface area contributed by atoms with Gasteiger partial charge in [0.1, 0.15) is 5.75 Å². The highest BCUT2D eigenvalue weighted by atomic mass is 16.5. The molecule has 2 aromatic rings. The van der Waals surface area contributed by atoms with Crippen molar-refractivity contribution < 1.29 is 9.84 Å². The zero-order valence-corrected chi connectivity index (χ0v) is 10.3. The summed E-state index contributed by atoms with van der Waals surface area (Å²) in [6.07, 6.45) is 3.62. The molecule has 18 heavy (non-hydrogen) atoms. The number of methoxy groups -OCH3 is 1. The predicted molar refractivity (Wildman–Crippen MR) is 69.6 cm³/mol. The Bertz CT molecular complexity index is 479. The molecule has 0 saturated carbocycles. The van der Waals surface area contributed by atoms with Gasteiger partial charge in [0.15, 0.2) is 0 Å². The van der Waals surface area contributed by atoms with Crippen molar-refractivity contribution in [2.75, 3.05) is 19.0 Å². The zero-order valence-electron chi connectivity index (χ0n) is 10.3. The van der Waals surface area contributed by atoms with Gasteiger partial charge in [0.2, 0.25) is 0 Å². The fourth-order valence-corrected chi connectivity index (χ4v) is 1.63. The molecule has 1 heterocycles. The Hall–Kier alpha value is -2.01. The minimum absolute atomic E-state index is 0.0968. The molecular formula is C13H17N3O2. The van der Waals surface area contributed by atoms with Crippen LogP contribution in [-0.2, 0) is 13.1 Å². The van der Waals surface area contributed by atoms with E-state index in [1.54, 1.807) is 18.0 Å². The third-order valence-corrected chi connectivity index (χ3v) is 2.62. The highest BCUT2D eigenvalue weighted by Crippen LogP contribution is 2.13. The first-order valence-corrected chi connectivity index (χ1v) is 5.82. The number of nitrogens with one attached hydrogen (secondary N) is 1. The van der Waals surface area contributed by atoms with Crippen LogP contribution in [0.1, 0.15) is 5.56 Å². The summed E-state index contributed by atoms with van der Waals surface area (Å²) < 4.78 is 6.81. The molecule has 0 atom stereocenters. The second-order valence-corrected chi connectivity index (χ2v) is 3.92. The Balaban J connectivity index is 1.89. The quantitative estimate of drug-likeness (QED) is 0.812. The first-order valence-electron chi connectivity index (χ1n) is 5.82. The molecule has 5 nitrogen and oxygen atoms in total. The minimum Gasteiger partial charge on any atom is -0.497 e. The number of ether oxygens (including phenoxy) is 1. The zero-order chi connectivity index (χ0) is 12.8. The summed E-state index contributed by atoms with van der Waals surface area (Å²) in [4.78, 5) is 0. The van der Waals surface area contributed by atoms with Crippen LogP contribution in [0.25, 0.3) is 0 Å². The summed E-state index contributed by atoms with van der Waals surface area (Å²) in [6, 6.07) is 7.91. The Morgan fingerprint density at radius 2 is 2.11 bits per heavy atom. The number of aliphatic hydroxyl groups excluding tert-OH is 1. The van der Waals surface area contributed by atoms with Crippen LogP contribution in [0.3, 0.4) is 0 Å². The Labute approximate surface area is 106 Å². The normalized spacial score (nSPS) is 10.3. The van der Waals surface area contributed by atoms with Crippen molar-refractivity contribution in [1.29, 1.82) is 0 Å². The molecule has 1 aromatic carbocycles. The molecule has 2 rings (SSSR count). The first-order chi connectivity index (χ1) is 8.81. The first kappa shape index (κ1) is 12.4. The maximum atomic E-state index is 8.79. The van der Waals surface area contributed by atoms with Gasteiger partial charge in [0.25, 0.3) is 0 Å². The van der Waals surface area contributed by atoms with E-state index in [2.05, 4.69) is 10.4 Å². The second kappa shape index (κ2) is 6.07. The summed E-state index contributed by atoms with van der Waals surface area (Å²) in [5, 5.41) is 16.2. The molecule has 0 bridgehead atoms. The molecule has 5 heteroatoms. The van der Waals surface area contributed by atoms with Gasteiger partial charge in [0.05, 0.1) is 32.1 Å². The number of aliphatic hydroxyl groups is 1. The number of benzene rings is 1. The van der Waals surface area contributed by atoms with Gasteiger partial charge in [0, 0.05) is 12.7 Å². The molecule has 0 unspecified atom stereocenters. The fraction of sp³-hybridized carbons (Fsp3) is 0.308. The van der Waals surface area contributed by atoms with E-state index in [0.29, 0.717) is 6.54 Å².